The third-order valence-electron chi connectivity index (χ3n) is 3.40. The molecule has 0 unspecified atom stereocenters. The van der Waals surface area contributed by atoms with Crippen LogP contribution in [0.25, 0.3) is 10.9 Å². The van der Waals surface area contributed by atoms with Crippen molar-refractivity contribution < 1.29 is 14.6 Å². The highest BCUT2D eigenvalue weighted by molar-refractivity contribution is 5.87. The van der Waals surface area contributed by atoms with Crippen LogP contribution in [0.3, 0.4) is 0 Å². The highest BCUT2D eigenvalue weighted by Gasteiger charge is 2.07. The zero-order valence-corrected chi connectivity index (χ0v) is 11.5. The van der Waals surface area contributed by atoms with Gasteiger partial charge < -0.3 is 14.4 Å². The zero-order chi connectivity index (χ0) is 14.8. The first-order valence-electron chi connectivity index (χ1n) is 6.49. The van der Waals surface area contributed by atoms with Crippen LogP contribution in [0.15, 0.2) is 48.8 Å². The minimum atomic E-state index is -0.967. The number of carboxylic acid groups (broad SMARTS) is 1. The Labute approximate surface area is 121 Å². The second-order valence-electron chi connectivity index (χ2n) is 4.68. The molecule has 0 fully saturated rings. The number of aromatic carboxylic acids is 1. The van der Waals surface area contributed by atoms with Gasteiger partial charge in [0.2, 0.25) is 0 Å². The number of hydrogen-bond donors (Lipinski definition) is 1. The lowest BCUT2D eigenvalue weighted by Crippen LogP contribution is -2.03. The molecule has 0 amide bonds. The van der Waals surface area contributed by atoms with Crippen molar-refractivity contribution in [3.63, 3.8) is 0 Å². The maximum absolute atomic E-state index is 10.8. The summed E-state index contributed by atoms with van der Waals surface area (Å²) in [6.45, 7) is 0.580. The SMILES string of the molecule is COc1cccc2c1ccn2Cc1ccc(C(=O)O)cn1. The van der Waals surface area contributed by atoms with E-state index in [0.29, 0.717) is 6.54 Å². The van der Waals surface area contributed by atoms with Gasteiger partial charge in [-0.3, -0.25) is 4.98 Å². The molecule has 1 N–H and O–H groups in total. The van der Waals surface area contributed by atoms with Gasteiger partial charge >= 0.3 is 5.97 Å². The summed E-state index contributed by atoms with van der Waals surface area (Å²) >= 11 is 0. The zero-order valence-electron chi connectivity index (χ0n) is 11.5. The highest BCUT2D eigenvalue weighted by atomic mass is 16.5. The van der Waals surface area contributed by atoms with Crippen molar-refractivity contribution in [1.82, 2.24) is 9.55 Å². The first kappa shape index (κ1) is 13.2. The van der Waals surface area contributed by atoms with Gasteiger partial charge in [-0.05, 0) is 30.3 Å². The van der Waals surface area contributed by atoms with Gasteiger partial charge in [0.05, 0.1) is 30.4 Å². The molecule has 3 rings (SSSR count). The molecule has 5 nitrogen and oxygen atoms in total. The number of fused-ring (bicyclic) bond motifs is 1. The predicted octanol–water partition coefficient (Wildman–Crippen LogP) is 2.79. The summed E-state index contributed by atoms with van der Waals surface area (Å²) in [7, 11) is 1.65. The van der Waals surface area contributed by atoms with E-state index in [1.807, 2.05) is 30.5 Å². The molecule has 0 aliphatic carbocycles. The van der Waals surface area contributed by atoms with Gasteiger partial charge in [0.15, 0.2) is 0 Å². The number of rotatable bonds is 4. The Morgan fingerprint density at radius 3 is 2.81 bits per heavy atom. The molecule has 0 aliphatic heterocycles. The van der Waals surface area contributed by atoms with Crippen LogP contribution in [0.2, 0.25) is 0 Å². The van der Waals surface area contributed by atoms with Gasteiger partial charge in [-0.25, -0.2) is 4.79 Å². The largest absolute Gasteiger partial charge is 0.496 e. The molecule has 0 atom stereocenters. The quantitative estimate of drug-likeness (QED) is 0.799. The molecule has 1 aromatic carbocycles. The van der Waals surface area contributed by atoms with Crippen LogP contribution in [0.1, 0.15) is 16.1 Å². The summed E-state index contributed by atoms with van der Waals surface area (Å²) in [6, 6.07) is 11.2. The second-order valence-corrected chi connectivity index (χ2v) is 4.68. The van der Waals surface area contributed by atoms with Crippen molar-refractivity contribution in [2.24, 2.45) is 0 Å². The number of benzene rings is 1. The van der Waals surface area contributed by atoms with Gasteiger partial charge in [-0.1, -0.05) is 6.07 Å². The van der Waals surface area contributed by atoms with Crippen molar-refractivity contribution in [3.8, 4) is 5.75 Å². The van der Waals surface area contributed by atoms with Crippen molar-refractivity contribution in [2.45, 2.75) is 6.54 Å². The van der Waals surface area contributed by atoms with Crippen LogP contribution in [0, 0.1) is 0 Å². The van der Waals surface area contributed by atoms with Gasteiger partial charge in [0.25, 0.3) is 0 Å². The first-order chi connectivity index (χ1) is 10.2. The van der Waals surface area contributed by atoms with Crippen molar-refractivity contribution in [3.05, 3.63) is 60.0 Å². The Morgan fingerprint density at radius 2 is 2.14 bits per heavy atom. The average Bonchev–Trinajstić information content (AvgIpc) is 2.91. The van der Waals surface area contributed by atoms with Crippen LogP contribution in [0.5, 0.6) is 5.75 Å². The summed E-state index contributed by atoms with van der Waals surface area (Å²) in [5.41, 5.74) is 2.05. The summed E-state index contributed by atoms with van der Waals surface area (Å²) < 4.78 is 7.40. The van der Waals surface area contributed by atoms with E-state index in [0.717, 1.165) is 22.3 Å². The van der Waals surface area contributed by atoms with Crippen LogP contribution < -0.4 is 4.74 Å². The van der Waals surface area contributed by atoms with E-state index in [4.69, 9.17) is 9.84 Å². The number of pyridine rings is 1. The fraction of sp³-hybridized carbons (Fsp3) is 0.125. The van der Waals surface area contributed by atoms with E-state index in [2.05, 4.69) is 9.55 Å². The number of hydrogen-bond acceptors (Lipinski definition) is 3. The topological polar surface area (TPSA) is 64.3 Å². The number of aromatic nitrogens is 2. The van der Waals surface area contributed by atoms with Crippen molar-refractivity contribution >= 4 is 16.9 Å². The van der Waals surface area contributed by atoms with Crippen LogP contribution in [0.4, 0.5) is 0 Å². The fourth-order valence-corrected chi connectivity index (χ4v) is 2.33. The summed E-state index contributed by atoms with van der Waals surface area (Å²) in [5.74, 6) is -0.134. The van der Waals surface area contributed by atoms with Crippen molar-refractivity contribution in [1.29, 1.82) is 0 Å². The molecule has 5 heteroatoms. The van der Waals surface area contributed by atoms with Gasteiger partial charge in [-0.2, -0.15) is 0 Å². The average molecular weight is 282 g/mol. The standard InChI is InChI=1S/C16H14N2O3/c1-21-15-4-2-3-14-13(15)7-8-18(14)10-12-6-5-11(9-17-12)16(19)20/h2-9H,10H2,1H3,(H,19,20). The maximum atomic E-state index is 10.8. The predicted molar refractivity (Wildman–Crippen MR) is 78.8 cm³/mol. The molecular weight excluding hydrogens is 268 g/mol. The normalized spacial score (nSPS) is 10.7. The molecule has 0 bridgehead atoms. The summed E-state index contributed by atoms with van der Waals surface area (Å²) in [4.78, 5) is 15.0. The van der Waals surface area contributed by atoms with Crippen LogP contribution >= 0.6 is 0 Å². The Morgan fingerprint density at radius 1 is 1.29 bits per heavy atom. The lowest BCUT2D eigenvalue weighted by Gasteiger charge is -2.07. The molecule has 2 heterocycles. The van der Waals surface area contributed by atoms with Crippen LogP contribution in [-0.4, -0.2) is 27.7 Å². The number of carbonyl (C=O) groups is 1. The fourth-order valence-electron chi connectivity index (χ4n) is 2.33. The minimum absolute atomic E-state index is 0.192. The number of methoxy groups -OCH3 is 1. The minimum Gasteiger partial charge on any atom is -0.496 e. The summed E-state index contributed by atoms with van der Waals surface area (Å²) in [5, 5.41) is 9.92. The molecule has 106 valence electrons. The maximum Gasteiger partial charge on any atom is 0.337 e. The number of carboxylic acids is 1. The van der Waals surface area contributed by atoms with Gasteiger partial charge in [0.1, 0.15) is 5.75 Å². The Bertz CT molecular complexity index is 791. The molecule has 3 aromatic rings. The lowest BCUT2D eigenvalue weighted by molar-refractivity contribution is 0.0696. The Hall–Kier alpha value is -2.82. The Balaban J connectivity index is 1.93. The second kappa shape index (κ2) is 5.28. The Kier molecular flexibility index (Phi) is 3.31. The van der Waals surface area contributed by atoms with Gasteiger partial charge in [-0.15, -0.1) is 0 Å². The lowest BCUT2D eigenvalue weighted by atomic mass is 10.2. The highest BCUT2D eigenvalue weighted by Crippen LogP contribution is 2.26. The van der Waals surface area contributed by atoms with E-state index in [1.165, 1.54) is 6.20 Å². The molecule has 21 heavy (non-hydrogen) atoms. The molecule has 0 radical (unpaired) electrons. The molecule has 2 aromatic heterocycles. The molecule has 0 aliphatic rings. The van der Waals surface area contributed by atoms with E-state index in [1.54, 1.807) is 19.2 Å². The van der Waals surface area contributed by atoms with Crippen LogP contribution in [-0.2, 0) is 6.54 Å². The molecular formula is C16H14N2O3. The third-order valence-corrected chi connectivity index (χ3v) is 3.40. The molecule has 0 saturated heterocycles. The molecule has 0 spiro atoms. The van der Waals surface area contributed by atoms with Crippen molar-refractivity contribution in [2.75, 3.05) is 7.11 Å². The van der Waals surface area contributed by atoms with E-state index in [9.17, 15) is 4.79 Å². The smallest absolute Gasteiger partial charge is 0.337 e. The van der Waals surface area contributed by atoms with Gasteiger partial charge in [0, 0.05) is 17.8 Å². The number of ether oxygens (including phenoxy) is 1. The monoisotopic (exact) mass is 282 g/mol. The third kappa shape index (κ3) is 2.45. The van der Waals surface area contributed by atoms with E-state index >= 15 is 0 Å². The van der Waals surface area contributed by atoms with E-state index < -0.39 is 5.97 Å². The first-order valence-corrected chi connectivity index (χ1v) is 6.49. The summed E-state index contributed by atoms with van der Waals surface area (Å²) in [6.07, 6.45) is 3.35. The molecule has 0 saturated carbocycles. The number of nitrogens with zero attached hydrogens (tertiary/aromatic N) is 2. The van der Waals surface area contributed by atoms with E-state index in [-0.39, 0.29) is 5.56 Å².